The number of rotatable bonds is 4. The zero-order chi connectivity index (χ0) is 16.2. The molecule has 0 unspecified atom stereocenters. The molecule has 1 heterocycles. The van der Waals surface area contributed by atoms with Crippen LogP contribution in [0.3, 0.4) is 0 Å². The molecule has 0 bridgehead atoms. The number of aromatic nitrogens is 1. The van der Waals surface area contributed by atoms with Crippen molar-refractivity contribution in [3.63, 3.8) is 0 Å². The number of amides is 1. The predicted molar refractivity (Wildman–Crippen MR) is 89.7 cm³/mol. The van der Waals surface area contributed by atoms with Gasteiger partial charge in [-0.1, -0.05) is 35.6 Å². The molecule has 0 radical (unpaired) electrons. The van der Waals surface area contributed by atoms with Crippen LogP contribution < -0.4 is 9.64 Å². The van der Waals surface area contributed by atoms with Crippen LogP contribution in [-0.4, -0.2) is 24.5 Å². The first-order valence-electron chi connectivity index (χ1n) is 6.93. The molecule has 0 saturated heterocycles. The molecule has 114 valence electrons. The average Bonchev–Trinajstić information content (AvgIpc) is 3.03. The standard InChI is InChI=1S/C17H13N3O2S/c1-20(17-19-13-7-3-5-9-15(13)23-17)16(21)11-22-14-8-4-2-6-12(14)10-18/h2-9H,11H2,1H3. The second-order valence-electron chi connectivity index (χ2n) is 4.81. The molecular weight excluding hydrogens is 310 g/mol. The van der Waals surface area contributed by atoms with Gasteiger partial charge in [0.05, 0.1) is 15.8 Å². The number of ether oxygens (including phenoxy) is 1. The van der Waals surface area contributed by atoms with E-state index in [-0.39, 0.29) is 12.5 Å². The van der Waals surface area contributed by atoms with Gasteiger partial charge in [0.2, 0.25) is 0 Å². The molecule has 3 rings (SSSR count). The molecule has 0 N–H and O–H groups in total. The minimum atomic E-state index is -0.225. The van der Waals surface area contributed by atoms with E-state index in [0.29, 0.717) is 16.4 Å². The first kappa shape index (κ1) is 15.0. The van der Waals surface area contributed by atoms with E-state index in [2.05, 4.69) is 4.98 Å². The maximum absolute atomic E-state index is 12.3. The first-order chi connectivity index (χ1) is 11.2. The molecule has 1 amide bonds. The van der Waals surface area contributed by atoms with E-state index in [4.69, 9.17) is 10.00 Å². The summed E-state index contributed by atoms with van der Waals surface area (Å²) in [4.78, 5) is 18.2. The van der Waals surface area contributed by atoms with Crippen LogP contribution in [-0.2, 0) is 4.79 Å². The monoisotopic (exact) mass is 323 g/mol. The highest BCUT2D eigenvalue weighted by molar-refractivity contribution is 7.22. The van der Waals surface area contributed by atoms with Crippen molar-refractivity contribution in [3.05, 3.63) is 54.1 Å². The SMILES string of the molecule is CN(C(=O)COc1ccccc1C#N)c1nc2ccccc2s1. The van der Waals surface area contributed by atoms with Crippen molar-refractivity contribution in [1.29, 1.82) is 5.26 Å². The normalized spacial score (nSPS) is 10.3. The number of hydrogen-bond donors (Lipinski definition) is 0. The lowest BCUT2D eigenvalue weighted by molar-refractivity contribution is -0.120. The zero-order valence-electron chi connectivity index (χ0n) is 12.4. The summed E-state index contributed by atoms with van der Waals surface area (Å²) in [6, 6.07) is 16.6. The maximum Gasteiger partial charge on any atom is 0.266 e. The van der Waals surface area contributed by atoms with Crippen molar-refractivity contribution in [2.24, 2.45) is 0 Å². The third-order valence-corrected chi connectivity index (χ3v) is 4.42. The summed E-state index contributed by atoms with van der Waals surface area (Å²) in [5, 5.41) is 9.64. The number of nitrogens with zero attached hydrogens (tertiary/aromatic N) is 3. The number of para-hydroxylation sites is 2. The number of carbonyl (C=O) groups excluding carboxylic acids is 1. The van der Waals surface area contributed by atoms with Gasteiger partial charge < -0.3 is 4.74 Å². The molecule has 1 aromatic heterocycles. The van der Waals surface area contributed by atoms with Gasteiger partial charge in [-0.3, -0.25) is 9.69 Å². The molecular formula is C17H13N3O2S. The van der Waals surface area contributed by atoms with E-state index in [1.165, 1.54) is 16.2 Å². The van der Waals surface area contributed by atoms with Crippen LogP contribution in [0.1, 0.15) is 5.56 Å². The van der Waals surface area contributed by atoms with Gasteiger partial charge in [0, 0.05) is 7.05 Å². The van der Waals surface area contributed by atoms with E-state index >= 15 is 0 Å². The van der Waals surface area contributed by atoms with Gasteiger partial charge in [-0.25, -0.2) is 4.98 Å². The summed E-state index contributed by atoms with van der Waals surface area (Å²) < 4.78 is 6.50. The average molecular weight is 323 g/mol. The fraction of sp³-hybridized carbons (Fsp3) is 0.118. The van der Waals surface area contributed by atoms with Gasteiger partial charge in [0.15, 0.2) is 11.7 Å². The van der Waals surface area contributed by atoms with Crippen molar-refractivity contribution >= 4 is 32.6 Å². The Morgan fingerprint density at radius 2 is 2.00 bits per heavy atom. The van der Waals surface area contributed by atoms with Crippen LogP contribution in [0.5, 0.6) is 5.75 Å². The lowest BCUT2D eigenvalue weighted by Crippen LogP contribution is -2.31. The van der Waals surface area contributed by atoms with Crippen molar-refractivity contribution in [3.8, 4) is 11.8 Å². The smallest absolute Gasteiger partial charge is 0.266 e. The van der Waals surface area contributed by atoms with Crippen LogP contribution in [0.15, 0.2) is 48.5 Å². The minimum Gasteiger partial charge on any atom is -0.482 e. The van der Waals surface area contributed by atoms with Crippen LogP contribution in [0.25, 0.3) is 10.2 Å². The Morgan fingerprint density at radius 1 is 1.26 bits per heavy atom. The summed E-state index contributed by atoms with van der Waals surface area (Å²) in [5.74, 6) is 0.179. The molecule has 2 aromatic carbocycles. The van der Waals surface area contributed by atoms with E-state index in [0.717, 1.165) is 10.2 Å². The number of thiazole rings is 1. The van der Waals surface area contributed by atoms with Gasteiger partial charge in [0.1, 0.15) is 11.8 Å². The van der Waals surface area contributed by atoms with Crippen LogP contribution in [0.2, 0.25) is 0 Å². The summed E-state index contributed by atoms with van der Waals surface area (Å²) in [6.07, 6.45) is 0. The number of fused-ring (bicyclic) bond motifs is 1. The van der Waals surface area contributed by atoms with Crippen LogP contribution in [0.4, 0.5) is 5.13 Å². The van der Waals surface area contributed by atoms with E-state index in [1.54, 1.807) is 31.3 Å². The molecule has 0 aliphatic heterocycles. The number of hydrogen-bond acceptors (Lipinski definition) is 5. The molecule has 0 spiro atoms. The fourth-order valence-electron chi connectivity index (χ4n) is 2.03. The predicted octanol–water partition coefficient (Wildman–Crippen LogP) is 3.21. The largest absolute Gasteiger partial charge is 0.482 e. The Bertz CT molecular complexity index is 865. The second-order valence-corrected chi connectivity index (χ2v) is 5.82. The quantitative estimate of drug-likeness (QED) is 0.739. The highest BCUT2D eigenvalue weighted by Gasteiger charge is 2.16. The van der Waals surface area contributed by atoms with Crippen LogP contribution >= 0.6 is 11.3 Å². The Morgan fingerprint density at radius 3 is 2.78 bits per heavy atom. The van der Waals surface area contributed by atoms with Gasteiger partial charge >= 0.3 is 0 Å². The zero-order valence-corrected chi connectivity index (χ0v) is 13.2. The molecule has 5 nitrogen and oxygen atoms in total. The van der Waals surface area contributed by atoms with Crippen molar-refractivity contribution in [2.45, 2.75) is 0 Å². The number of anilines is 1. The third-order valence-electron chi connectivity index (χ3n) is 3.30. The van der Waals surface area contributed by atoms with Gasteiger partial charge in [-0.2, -0.15) is 5.26 Å². The Hall–Kier alpha value is -2.91. The molecule has 0 atom stereocenters. The van der Waals surface area contributed by atoms with Gasteiger partial charge in [-0.15, -0.1) is 0 Å². The summed E-state index contributed by atoms with van der Waals surface area (Å²) in [5.41, 5.74) is 1.27. The van der Waals surface area contributed by atoms with E-state index < -0.39 is 0 Å². The van der Waals surface area contributed by atoms with Crippen molar-refractivity contribution in [2.75, 3.05) is 18.6 Å². The number of benzene rings is 2. The molecule has 23 heavy (non-hydrogen) atoms. The summed E-state index contributed by atoms with van der Waals surface area (Å²) in [7, 11) is 1.67. The topological polar surface area (TPSA) is 66.2 Å². The van der Waals surface area contributed by atoms with Crippen molar-refractivity contribution < 1.29 is 9.53 Å². The number of carbonyl (C=O) groups is 1. The lowest BCUT2D eigenvalue weighted by atomic mass is 10.2. The number of likely N-dealkylation sites (N-methyl/N-ethyl adjacent to an activating group) is 1. The Balaban J connectivity index is 1.71. The third kappa shape index (κ3) is 3.15. The molecule has 6 heteroatoms. The molecule has 0 saturated carbocycles. The second kappa shape index (κ2) is 6.46. The molecule has 3 aromatic rings. The van der Waals surface area contributed by atoms with Gasteiger partial charge in [0.25, 0.3) is 5.91 Å². The summed E-state index contributed by atoms with van der Waals surface area (Å²) >= 11 is 1.45. The molecule has 0 aliphatic carbocycles. The molecule has 0 aliphatic rings. The Labute approximate surface area is 137 Å². The van der Waals surface area contributed by atoms with Crippen LogP contribution in [0, 0.1) is 11.3 Å². The van der Waals surface area contributed by atoms with Gasteiger partial charge in [-0.05, 0) is 24.3 Å². The number of nitriles is 1. The fourth-order valence-corrected chi connectivity index (χ4v) is 2.98. The Kier molecular flexibility index (Phi) is 4.22. The minimum absolute atomic E-state index is 0.148. The molecule has 0 fully saturated rings. The highest BCUT2D eigenvalue weighted by Crippen LogP contribution is 2.28. The first-order valence-corrected chi connectivity index (χ1v) is 7.75. The van der Waals surface area contributed by atoms with E-state index in [9.17, 15) is 4.79 Å². The highest BCUT2D eigenvalue weighted by atomic mass is 32.1. The maximum atomic E-state index is 12.3. The lowest BCUT2D eigenvalue weighted by Gasteiger charge is -2.14. The van der Waals surface area contributed by atoms with Crippen molar-refractivity contribution in [1.82, 2.24) is 4.98 Å². The van der Waals surface area contributed by atoms with E-state index in [1.807, 2.05) is 30.3 Å². The summed E-state index contributed by atoms with van der Waals surface area (Å²) in [6.45, 7) is -0.148.